The topological polar surface area (TPSA) is 94.7 Å². The number of ether oxygens (including phenoxy) is 1. The summed E-state index contributed by atoms with van der Waals surface area (Å²) in [6.07, 6.45) is 3.07. The van der Waals surface area contributed by atoms with Crippen LogP contribution in [0.15, 0.2) is 54.7 Å². The maximum absolute atomic E-state index is 13.4. The van der Waals surface area contributed by atoms with Crippen LogP contribution in [0.3, 0.4) is 0 Å². The number of nitrogens with one attached hydrogen (secondary N) is 1. The SMILES string of the molecule is C/C(=C\C(=O)N(CCN1CCN(C(=O)OC(C)(C)C)CC1)c1ccccc1)c1n[nH]c2ncccc12. The summed E-state index contributed by atoms with van der Waals surface area (Å²) < 4.78 is 5.49. The standard InChI is InChI=1S/C27H34N6O3/c1-20(24-22-11-8-12-28-25(22)30-29-24)19-23(34)33(21-9-6-5-7-10-21)18-15-31-13-16-32(17-14-31)26(35)36-27(2,3)4/h5-12,19H,13-18H2,1-4H3,(H,28,29,30)/b20-19+. The number of rotatable bonds is 6. The van der Waals surface area contributed by atoms with Crippen molar-refractivity contribution in [3.63, 3.8) is 0 Å². The number of aromatic amines is 1. The Hall–Kier alpha value is -3.72. The molecule has 4 rings (SSSR count). The predicted octanol–water partition coefficient (Wildman–Crippen LogP) is 3.95. The summed E-state index contributed by atoms with van der Waals surface area (Å²) in [6.45, 7) is 11.4. The molecule has 0 radical (unpaired) electrons. The third kappa shape index (κ3) is 6.28. The minimum atomic E-state index is -0.505. The number of hydrogen-bond acceptors (Lipinski definition) is 6. The minimum absolute atomic E-state index is 0.105. The van der Waals surface area contributed by atoms with E-state index in [4.69, 9.17) is 4.74 Å². The van der Waals surface area contributed by atoms with Crippen molar-refractivity contribution in [1.82, 2.24) is 25.0 Å². The van der Waals surface area contributed by atoms with E-state index >= 15 is 0 Å². The first kappa shape index (κ1) is 25.4. The lowest BCUT2D eigenvalue weighted by Crippen LogP contribution is -2.51. The number of benzene rings is 1. The lowest BCUT2D eigenvalue weighted by atomic mass is 10.1. The van der Waals surface area contributed by atoms with Crippen molar-refractivity contribution < 1.29 is 14.3 Å². The van der Waals surface area contributed by atoms with Crippen molar-refractivity contribution >= 4 is 34.3 Å². The van der Waals surface area contributed by atoms with Crippen molar-refractivity contribution in [1.29, 1.82) is 0 Å². The molecule has 0 aliphatic carbocycles. The zero-order chi connectivity index (χ0) is 25.7. The zero-order valence-electron chi connectivity index (χ0n) is 21.4. The number of allylic oxidation sites excluding steroid dienone is 1. The van der Waals surface area contributed by atoms with Crippen LogP contribution < -0.4 is 4.90 Å². The van der Waals surface area contributed by atoms with Gasteiger partial charge in [-0.1, -0.05) is 18.2 Å². The quantitative estimate of drug-likeness (QED) is 0.526. The molecule has 2 aromatic heterocycles. The molecule has 0 spiro atoms. The van der Waals surface area contributed by atoms with E-state index < -0.39 is 5.60 Å². The van der Waals surface area contributed by atoms with Crippen LogP contribution in [0, 0.1) is 0 Å². The summed E-state index contributed by atoms with van der Waals surface area (Å²) in [7, 11) is 0. The summed E-state index contributed by atoms with van der Waals surface area (Å²) in [5.74, 6) is -0.105. The maximum atomic E-state index is 13.4. The molecule has 1 aromatic carbocycles. The molecule has 1 aliphatic heterocycles. The summed E-state index contributed by atoms with van der Waals surface area (Å²) in [5.41, 5.74) is 2.52. The summed E-state index contributed by atoms with van der Waals surface area (Å²) in [6, 6.07) is 13.5. The molecule has 3 heterocycles. The van der Waals surface area contributed by atoms with Gasteiger partial charge in [0.25, 0.3) is 5.91 Å². The second kappa shape index (κ2) is 10.9. The fourth-order valence-corrected chi connectivity index (χ4v) is 4.18. The Morgan fingerprint density at radius 2 is 1.81 bits per heavy atom. The van der Waals surface area contributed by atoms with Crippen molar-refractivity contribution in [2.24, 2.45) is 0 Å². The van der Waals surface area contributed by atoms with Crippen molar-refractivity contribution in [2.75, 3.05) is 44.2 Å². The van der Waals surface area contributed by atoms with Crippen LogP contribution >= 0.6 is 0 Å². The van der Waals surface area contributed by atoms with Gasteiger partial charge in [-0.3, -0.25) is 14.8 Å². The fraction of sp³-hybridized carbons (Fsp3) is 0.407. The van der Waals surface area contributed by atoms with Gasteiger partial charge in [-0.25, -0.2) is 9.78 Å². The number of para-hydroxylation sites is 1. The second-order valence-corrected chi connectivity index (χ2v) is 9.93. The first-order valence-corrected chi connectivity index (χ1v) is 12.3. The van der Waals surface area contributed by atoms with Gasteiger partial charge < -0.3 is 14.5 Å². The first-order valence-electron chi connectivity index (χ1n) is 12.3. The summed E-state index contributed by atoms with van der Waals surface area (Å²) >= 11 is 0. The van der Waals surface area contributed by atoms with E-state index in [1.54, 1.807) is 22.1 Å². The first-order chi connectivity index (χ1) is 17.2. The van der Waals surface area contributed by atoms with E-state index in [-0.39, 0.29) is 12.0 Å². The lowest BCUT2D eigenvalue weighted by molar-refractivity contribution is -0.114. The molecule has 0 bridgehead atoms. The average molecular weight is 491 g/mol. The van der Waals surface area contributed by atoms with Crippen LogP contribution in [0.4, 0.5) is 10.5 Å². The normalized spacial score (nSPS) is 15.2. The van der Waals surface area contributed by atoms with Gasteiger partial charge >= 0.3 is 6.09 Å². The Kier molecular flexibility index (Phi) is 7.69. The van der Waals surface area contributed by atoms with Crippen LogP contribution in [0.5, 0.6) is 0 Å². The van der Waals surface area contributed by atoms with Gasteiger partial charge in [0.2, 0.25) is 0 Å². The highest BCUT2D eigenvalue weighted by Gasteiger charge is 2.26. The van der Waals surface area contributed by atoms with E-state index in [9.17, 15) is 9.59 Å². The number of pyridine rings is 1. The second-order valence-electron chi connectivity index (χ2n) is 9.93. The van der Waals surface area contributed by atoms with Gasteiger partial charge in [0, 0.05) is 62.6 Å². The number of aromatic nitrogens is 3. The third-order valence-electron chi connectivity index (χ3n) is 6.05. The molecule has 1 saturated heterocycles. The molecular weight excluding hydrogens is 456 g/mol. The number of nitrogens with zero attached hydrogens (tertiary/aromatic N) is 5. The van der Waals surface area contributed by atoms with E-state index in [0.29, 0.717) is 31.8 Å². The summed E-state index contributed by atoms with van der Waals surface area (Å²) in [4.78, 5) is 35.9. The van der Waals surface area contributed by atoms with Crippen LogP contribution in [0.2, 0.25) is 0 Å². The molecule has 2 amide bonds. The number of H-pyrrole nitrogens is 1. The molecular formula is C27H34N6O3. The molecule has 1 fully saturated rings. The number of hydrogen-bond donors (Lipinski definition) is 1. The smallest absolute Gasteiger partial charge is 0.410 e. The Morgan fingerprint density at radius 1 is 1.08 bits per heavy atom. The molecule has 9 heteroatoms. The maximum Gasteiger partial charge on any atom is 0.410 e. The van der Waals surface area contributed by atoms with Crippen LogP contribution in [0.25, 0.3) is 16.6 Å². The molecule has 9 nitrogen and oxygen atoms in total. The van der Waals surface area contributed by atoms with Crippen molar-refractivity contribution in [3.05, 3.63) is 60.4 Å². The molecule has 0 atom stereocenters. The molecule has 3 aromatic rings. The Balaban J connectivity index is 1.42. The Labute approximate surface area is 211 Å². The highest BCUT2D eigenvalue weighted by Crippen LogP contribution is 2.22. The van der Waals surface area contributed by atoms with Crippen LogP contribution in [-0.2, 0) is 9.53 Å². The number of carbonyl (C=O) groups is 2. The van der Waals surface area contributed by atoms with E-state index in [1.807, 2.05) is 70.2 Å². The van der Waals surface area contributed by atoms with E-state index in [1.165, 1.54) is 0 Å². The summed E-state index contributed by atoms with van der Waals surface area (Å²) in [5, 5.41) is 8.17. The number of fused-ring (bicyclic) bond motifs is 1. The van der Waals surface area contributed by atoms with Crippen LogP contribution in [0.1, 0.15) is 33.4 Å². The van der Waals surface area contributed by atoms with Gasteiger partial charge in [0.05, 0.1) is 5.69 Å². The number of amides is 2. The van der Waals surface area contributed by atoms with Gasteiger partial charge in [-0.05, 0) is 57.5 Å². The van der Waals surface area contributed by atoms with Crippen molar-refractivity contribution in [3.8, 4) is 0 Å². The van der Waals surface area contributed by atoms with Gasteiger partial charge in [0.15, 0.2) is 5.65 Å². The number of piperazine rings is 1. The van der Waals surface area contributed by atoms with Crippen molar-refractivity contribution in [2.45, 2.75) is 33.3 Å². The molecule has 1 aliphatic rings. The molecule has 0 saturated carbocycles. The monoisotopic (exact) mass is 490 g/mol. The fourth-order valence-electron chi connectivity index (χ4n) is 4.18. The lowest BCUT2D eigenvalue weighted by Gasteiger charge is -2.36. The van der Waals surface area contributed by atoms with E-state index in [2.05, 4.69) is 20.1 Å². The Morgan fingerprint density at radius 3 is 2.50 bits per heavy atom. The predicted molar refractivity (Wildman–Crippen MR) is 141 cm³/mol. The highest BCUT2D eigenvalue weighted by molar-refractivity contribution is 6.06. The van der Waals surface area contributed by atoms with Gasteiger partial charge in [-0.15, -0.1) is 0 Å². The third-order valence-corrected chi connectivity index (χ3v) is 6.05. The molecule has 190 valence electrons. The van der Waals surface area contributed by atoms with E-state index in [0.717, 1.165) is 35.4 Å². The molecule has 1 N–H and O–H groups in total. The zero-order valence-corrected chi connectivity index (χ0v) is 21.4. The highest BCUT2D eigenvalue weighted by atomic mass is 16.6. The molecule has 0 unspecified atom stereocenters. The average Bonchev–Trinajstić information content (AvgIpc) is 3.28. The largest absolute Gasteiger partial charge is 0.444 e. The van der Waals surface area contributed by atoms with Gasteiger partial charge in [-0.2, -0.15) is 5.10 Å². The van der Waals surface area contributed by atoms with Gasteiger partial charge in [0.1, 0.15) is 5.60 Å². The Bertz CT molecular complexity index is 1220. The number of anilines is 1. The van der Waals surface area contributed by atoms with Crippen LogP contribution in [-0.4, -0.2) is 81.9 Å². The molecule has 36 heavy (non-hydrogen) atoms. The number of carbonyl (C=O) groups excluding carboxylic acids is 2. The minimum Gasteiger partial charge on any atom is -0.444 e.